The average molecular weight is 306 g/mol. The number of ether oxygens (including phenoxy) is 1. The van der Waals surface area contributed by atoms with Gasteiger partial charge < -0.3 is 15.0 Å². The summed E-state index contributed by atoms with van der Waals surface area (Å²) in [7, 11) is 1.70. The first kappa shape index (κ1) is 14.3. The minimum absolute atomic E-state index is 0.143. The van der Waals surface area contributed by atoms with E-state index in [-0.39, 0.29) is 6.04 Å². The molecular weight excluding hydrogens is 284 g/mol. The number of aryl methyl sites for hydroxylation is 1. The first-order chi connectivity index (χ1) is 11.3. The summed E-state index contributed by atoms with van der Waals surface area (Å²) in [6, 6.07) is 17.1. The average Bonchev–Trinajstić information content (AvgIpc) is 2.91. The molecule has 0 spiro atoms. The smallest absolute Gasteiger partial charge is 0.118 e. The van der Waals surface area contributed by atoms with Crippen LogP contribution in [0.15, 0.2) is 48.5 Å². The summed E-state index contributed by atoms with van der Waals surface area (Å²) in [6.45, 7) is 0.855. The molecule has 0 saturated heterocycles. The van der Waals surface area contributed by atoms with E-state index in [0.717, 1.165) is 25.1 Å². The van der Waals surface area contributed by atoms with Gasteiger partial charge in [0.25, 0.3) is 0 Å². The molecule has 0 aliphatic heterocycles. The van der Waals surface area contributed by atoms with Gasteiger partial charge in [-0.2, -0.15) is 0 Å². The fourth-order valence-electron chi connectivity index (χ4n) is 3.80. The molecule has 3 heteroatoms. The molecule has 1 heterocycles. The van der Waals surface area contributed by atoms with Crippen molar-refractivity contribution >= 4 is 10.9 Å². The van der Waals surface area contributed by atoms with Crippen LogP contribution < -0.4 is 10.5 Å². The van der Waals surface area contributed by atoms with Gasteiger partial charge in [0.2, 0.25) is 0 Å². The van der Waals surface area contributed by atoms with Gasteiger partial charge in [-0.1, -0.05) is 30.3 Å². The third-order valence-electron chi connectivity index (χ3n) is 4.91. The Hall–Kier alpha value is -2.26. The zero-order valence-corrected chi connectivity index (χ0v) is 13.5. The van der Waals surface area contributed by atoms with Crippen LogP contribution in [0.4, 0.5) is 0 Å². The quantitative estimate of drug-likeness (QED) is 0.793. The first-order valence-corrected chi connectivity index (χ1v) is 8.26. The van der Waals surface area contributed by atoms with Crippen molar-refractivity contribution in [3.05, 3.63) is 65.4 Å². The van der Waals surface area contributed by atoms with Gasteiger partial charge >= 0.3 is 0 Å². The van der Waals surface area contributed by atoms with Crippen molar-refractivity contribution in [2.24, 2.45) is 5.73 Å². The molecule has 23 heavy (non-hydrogen) atoms. The van der Waals surface area contributed by atoms with Gasteiger partial charge in [-0.3, -0.25) is 0 Å². The Bertz CT molecular complexity index is 833. The van der Waals surface area contributed by atoms with Gasteiger partial charge in [-0.25, -0.2) is 0 Å². The summed E-state index contributed by atoms with van der Waals surface area (Å²) in [5.74, 6) is 0.893. The van der Waals surface area contributed by atoms with Gasteiger partial charge in [0, 0.05) is 29.2 Å². The van der Waals surface area contributed by atoms with Crippen LogP contribution in [-0.4, -0.2) is 11.7 Å². The molecule has 1 atom stereocenters. The van der Waals surface area contributed by atoms with E-state index in [1.165, 1.54) is 34.1 Å². The highest BCUT2D eigenvalue weighted by Crippen LogP contribution is 2.36. The van der Waals surface area contributed by atoms with Crippen LogP contribution in [-0.2, 0) is 13.0 Å². The number of methoxy groups -OCH3 is 1. The number of aromatic nitrogens is 1. The summed E-state index contributed by atoms with van der Waals surface area (Å²) in [6.07, 6.45) is 3.40. The maximum Gasteiger partial charge on any atom is 0.118 e. The molecule has 4 rings (SSSR count). The molecule has 0 fully saturated rings. The monoisotopic (exact) mass is 306 g/mol. The Morgan fingerprint density at radius 3 is 2.70 bits per heavy atom. The number of benzene rings is 2. The molecule has 2 N–H and O–H groups in total. The van der Waals surface area contributed by atoms with E-state index < -0.39 is 0 Å². The number of para-hydroxylation sites is 1. The van der Waals surface area contributed by atoms with Crippen LogP contribution >= 0.6 is 0 Å². The molecule has 3 aromatic rings. The predicted octanol–water partition coefficient (Wildman–Crippen LogP) is 4.03. The lowest BCUT2D eigenvalue weighted by molar-refractivity contribution is 0.414. The highest BCUT2D eigenvalue weighted by molar-refractivity contribution is 5.86. The van der Waals surface area contributed by atoms with Crippen LogP contribution in [0.2, 0.25) is 0 Å². The Morgan fingerprint density at radius 1 is 1.13 bits per heavy atom. The highest BCUT2D eigenvalue weighted by atomic mass is 16.5. The second-order valence-corrected chi connectivity index (χ2v) is 6.31. The van der Waals surface area contributed by atoms with Crippen molar-refractivity contribution in [2.45, 2.75) is 31.8 Å². The van der Waals surface area contributed by atoms with Gasteiger partial charge in [0.05, 0.1) is 7.11 Å². The lowest BCUT2D eigenvalue weighted by Gasteiger charge is -2.22. The zero-order chi connectivity index (χ0) is 15.8. The van der Waals surface area contributed by atoms with E-state index in [9.17, 15) is 0 Å². The second kappa shape index (κ2) is 5.74. The van der Waals surface area contributed by atoms with Crippen LogP contribution in [0.1, 0.15) is 35.7 Å². The Balaban J connectivity index is 1.83. The molecular formula is C20H22N2O. The van der Waals surface area contributed by atoms with Crippen molar-refractivity contribution in [3.63, 3.8) is 0 Å². The number of hydrogen-bond acceptors (Lipinski definition) is 2. The number of rotatable bonds is 3. The molecule has 3 nitrogen and oxygen atoms in total. The first-order valence-electron chi connectivity index (χ1n) is 8.26. The summed E-state index contributed by atoms with van der Waals surface area (Å²) >= 11 is 0. The molecule has 1 aliphatic carbocycles. The maximum absolute atomic E-state index is 6.47. The van der Waals surface area contributed by atoms with Crippen molar-refractivity contribution in [1.29, 1.82) is 0 Å². The molecule has 0 saturated carbocycles. The fraction of sp³-hybridized carbons (Fsp3) is 0.300. The van der Waals surface area contributed by atoms with Crippen LogP contribution in [0.3, 0.4) is 0 Å². The van der Waals surface area contributed by atoms with Gasteiger partial charge in [0.1, 0.15) is 5.75 Å². The third kappa shape index (κ3) is 2.41. The third-order valence-corrected chi connectivity index (χ3v) is 4.91. The number of nitrogens with two attached hydrogens (primary N) is 1. The topological polar surface area (TPSA) is 40.2 Å². The van der Waals surface area contributed by atoms with E-state index in [1.807, 2.05) is 12.1 Å². The van der Waals surface area contributed by atoms with E-state index in [2.05, 4.69) is 41.0 Å². The molecule has 2 aromatic carbocycles. The maximum atomic E-state index is 6.47. The molecule has 0 amide bonds. The predicted molar refractivity (Wildman–Crippen MR) is 93.9 cm³/mol. The molecule has 1 aliphatic rings. The normalized spacial score (nSPS) is 17.2. The number of fused-ring (bicyclic) bond motifs is 3. The van der Waals surface area contributed by atoms with E-state index in [4.69, 9.17) is 10.5 Å². The van der Waals surface area contributed by atoms with Crippen LogP contribution in [0.5, 0.6) is 5.75 Å². The van der Waals surface area contributed by atoms with Crippen LogP contribution in [0, 0.1) is 0 Å². The van der Waals surface area contributed by atoms with Crippen molar-refractivity contribution in [2.75, 3.05) is 7.11 Å². The minimum atomic E-state index is 0.143. The Morgan fingerprint density at radius 2 is 1.91 bits per heavy atom. The Kier molecular flexibility index (Phi) is 3.58. The van der Waals surface area contributed by atoms with E-state index >= 15 is 0 Å². The molecule has 0 bridgehead atoms. The van der Waals surface area contributed by atoms with Gasteiger partial charge in [0.15, 0.2) is 0 Å². The molecule has 0 radical (unpaired) electrons. The largest absolute Gasteiger partial charge is 0.497 e. The van der Waals surface area contributed by atoms with Gasteiger partial charge in [-0.05, 0) is 48.6 Å². The lowest BCUT2D eigenvalue weighted by Crippen LogP contribution is -2.21. The molecule has 1 unspecified atom stereocenters. The Labute approximate surface area is 136 Å². The standard InChI is InChI=1S/C20H22N2O/c1-23-15-11-9-14(10-12-15)13-22-19-8-3-2-5-16(19)17-6-4-7-18(21)20(17)22/h2-3,5,8-12,18H,4,6-7,13,21H2,1H3. The zero-order valence-electron chi connectivity index (χ0n) is 13.5. The second-order valence-electron chi connectivity index (χ2n) is 6.31. The lowest BCUT2D eigenvalue weighted by atomic mass is 9.92. The molecule has 1 aromatic heterocycles. The van der Waals surface area contributed by atoms with E-state index in [0.29, 0.717) is 0 Å². The summed E-state index contributed by atoms with van der Waals surface area (Å²) in [5.41, 5.74) is 11.8. The number of hydrogen-bond donors (Lipinski definition) is 1. The summed E-state index contributed by atoms with van der Waals surface area (Å²) in [5, 5.41) is 1.37. The van der Waals surface area contributed by atoms with Crippen molar-refractivity contribution < 1.29 is 4.74 Å². The van der Waals surface area contributed by atoms with Crippen LogP contribution in [0.25, 0.3) is 10.9 Å². The SMILES string of the molecule is COc1ccc(Cn2c3c(c4ccccc42)CCCC3N)cc1. The highest BCUT2D eigenvalue weighted by Gasteiger charge is 2.25. The minimum Gasteiger partial charge on any atom is -0.497 e. The van der Waals surface area contributed by atoms with E-state index in [1.54, 1.807) is 7.11 Å². The summed E-state index contributed by atoms with van der Waals surface area (Å²) in [4.78, 5) is 0. The van der Waals surface area contributed by atoms with Crippen molar-refractivity contribution in [3.8, 4) is 5.75 Å². The number of nitrogens with zero attached hydrogens (tertiary/aromatic N) is 1. The van der Waals surface area contributed by atoms with Gasteiger partial charge in [-0.15, -0.1) is 0 Å². The summed E-state index contributed by atoms with van der Waals surface area (Å²) < 4.78 is 7.67. The van der Waals surface area contributed by atoms with Crippen molar-refractivity contribution in [1.82, 2.24) is 4.57 Å². The fourth-order valence-corrected chi connectivity index (χ4v) is 3.80. The molecule has 118 valence electrons.